The van der Waals surface area contributed by atoms with E-state index in [4.69, 9.17) is 20.8 Å². The molecule has 2 N–H and O–H groups in total. The number of benzene rings is 2. The number of furan rings is 1. The number of methoxy groups -OCH3 is 1. The molecule has 0 aliphatic heterocycles. The van der Waals surface area contributed by atoms with Gasteiger partial charge in [0.05, 0.1) is 17.7 Å². The highest BCUT2D eigenvalue weighted by molar-refractivity contribution is 6.34. The molecule has 7 heteroatoms. The Morgan fingerprint density at radius 1 is 1.14 bits per heavy atom. The van der Waals surface area contributed by atoms with Crippen LogP contribution in [0.1, 0.15) is 39.3 Å². The monoisotopic (exact) mass is 398 g/mol. The van der Waals surface area contributed by atoms with Crippen LogP contribution in [0, 0.1) is 6.92 Å². The molecule has 144 valence electrons. The van der Waals surface area contributed by atoms with Gasteiger partial charge >= 0.3 is 0 Å². The predicted octanol–water partition coefficient (Wildman–Crippen LogP) is 4.55. The minimum absolute atomic E-state index is 0.210. The number of carbonyl (C=O) groups is 2. The van der Waals surface area contributed by atoms with E-state index in [0.29, 0.717) is 33.2 Å². The van der Waals surface area contributed by atoms with E-state index in [9.17, 15) is 9.59 Å². The minimum atomic E-state index is -0.399. The van der Waals surface area contributed by atoms with Crippen LogP contribution in [0.15, 0.2) is 40.8 Å². The number of hydrogen-bond acceptors (Lipinski definition) is 4. The van der Waals surface area contributed by atoms with Gasteiger partial charge in [0.2, 0.25) is 0 Å². The standard InChI is InChI=1S/C21H19ClN2O4/c1-11-15-10-14(27-2)6-8-18(15)28-19(11)21(26)24-13-5-7-17(22)16(9-13)20(25)23-12-3-4-12/h5-10,12H,3-4H2,1-2H3,(H,23,25)(H,24,26). The number of rotatable bonds is 5. The van der Waals surface area contributed by atoms with Gasteiger partial charge in [-0.15, -0.1) is 0 Å². The molecular weight excluding hydrogens is 380 g/mol. The summed E-state index contributed by atoms with van der Waals surface area (Å²) in [4.78, 5) is 25.1. The number of carbonyl (C=O) groups excluding carboxylic acids is 2. The zero-order valence-electron chi connectivity index (χ0n) is 15.5. The van der Waals surface area contributed by atoms with Crippen LogP contribution < -0.4 is 15.4 Å². The summed E-state index contributed by atoms with van der Waals surface area (Å²) in [6, 6.07) is 10.4. The lowest BCUT2D eigenvalue weighted by molar-refractivity contribution is 0.0949. The van der Waals surface area contributed by atoms with Crippen molar-refractivity contribution >= 4 is 40.1 Å². The topological polar surface area (TPSA) is 80.6 Å². The van der Waals surface area contributed by atoms with Gasteiger partial charge in [0.25, 0.3) is 11.8 Å². The lowest BCUT2D eigenvalue weighted by Gasteiger charge is -2.09. The quantitative estimate of drug-likeness (QED) is 0.660. The van der Waals surface area contributed by atoms with Crippen LogP contribution in [-0.4, -0.2) is 25.0 Å². The molecule has 1 aliphatic carbocycles. The van der Waals surface area contributed by atoms with E-state index >= 15 is 0 Å². The fraction of sp³-hybridized carbons (Fsp3) is 0.238. The highest BCUT2D eigenvalue weighted by Crippen LogP contribution is 2.30. The Kier molecular flexibility index (Phi) is 4.73. The lowest BCUT2D eigenvalue weighted by atomic mass is 10.1. The van der Waals surface area contributed by atoms with Crippen molar-refractivity contribution in [1.82, 2.24) is 5.32 Å². The Morgan fingerprint density at radius 2 is 1.93 bits per heavy atom. The number of anilines is 1. The van der Waals surface area contributed by atoms with Crippen molar-refractivity contribution in [2.75, 3.05) is 12.4 Å². The van der Waals surface area contributed by atoms with Gasteiger partial charge in [0, 0.05) is 22.7 Å². The van der Waals surface area contributed by atoms with Crippen LogP contribution >= 0.6 is 11.6 Å². The molecule has 2 aromatic carbocycles. The van der Waals surface area contributed by atoms with E-state index in [0.717, 1.165) is 18.2 Å². The maximum atomic E-state index is 12.7. The molecule has 6 nitrogen and oxygen atoms in total. The minimum Gasteiger partial charge on any atom is -0.497 e. The van der Waals surface area contributed by atoms with Gasteiger partial charge in [-0.2, -0.15) is 0 Å². The molecular formula is C21H19ClN2O4. The predicted molar refractivity (Wildman–Crippen MR) is 107 cm³/mol. The summed E-state index contributed by atoms with van der Waals surface area (Å²) >= 11 is 6.15. The maximum absolute atomic E-state index is 12.7. The number of ether oxygens (including phenoxy) is 1. The van der Waals surface area contributed by atoms with Gasteiger partial charge < -0.3 is 19.8 Å². The SMILES string of the molecule is COc1ccc2oc(C(=O)Nc3ccc(Cl)c(C(=O)NC4CC4)c3)c(C)c2c1. The molecule has 0 spiro atoms. The summed E-state index contributed by atoms with van der Waals surface area (Å²) in [6.07, 6.45) is 1.96. The molecule has 1 aliphatic rings. The summed E-state index contributed by atoms with van der Waals surface area (Å²) in [5.41, 5.74) is 2.11. The van der Waals surface area contributed by atoms with Crippen molar-refractivity contribution in [3.05, 3.63) is 58.3 Å². The van der Waals surface area contributed by atoms with E-state index in [2.05, 4.69) is 10.6 Å². The molecule has 0 unspecified atom stereocenters. The Balaban J connectivity index is 1.59. The average molecular weight is 399 g/mol. The average Bonchev–Trinajstić information content (AvgIpc) is 3.44. The van der Waals surface area contributed by atoms with Crippen LogP contribution in [0.4, 0.5) is 5.69 Å². The van der Waals surface area contributed by atoms with Gasteiger partial charge in [-0.25, -0.2) is 0 Å². The Morgan fingerprint density at radius 3 is 2.64 bits per heavy atom. The van der Waals surface area contributed by atoms with E-state index in [-0.39, 0.29) is 17.7 Å². The van der Waals surface area contributed by atoms with Gasteiger partial charge in [0.1, 0.15) is 11.3 Å². The lowest BCUT2D eigenvalue weighted by Crippen LogP contribution is -2.25. The zero-order valence-corrected chi connectivity index (χ0v) is 16.2. The van der Waals surface area contributed by atoms with Crippen molar-refractivity contribution in [2.24, 2.45) is 0 Å². The number of fused-ring (bicyclic) bond motifs is 1. The van der Waals surface area contributed by atoms with E-state index in [1.807, 2.05) is 13.0 Å². The number of hydrogen-bond donors (Lipinski definition) is 2. The maximum Gasteiger partial charge on any atom is 0.291 e. The van der Waals surface area contributed by atoms with Gasteiger partial charge in [-0.05, 0) is 56.2 Å². The molecule has 1 heterocycles. The van der Waals surface area contributed by atoms with Gasteiger partial charge in [0.15, 0.2) is 5.76 Å². The molecule has 3 aromatic rings. The third-order valence-electron chi connectivity index (χ3n) is 4.73. The summed E-state index contributed by atoms with van der Waals surface area (Å²) in [6.45, 7) is 1.82. The summed E-state index contributed by atoms with van der Waals surface area (Å²) in [7, 11) is 1.59. The van der Waals surface area contributed by atoms with E-state index in [1.54, 1.807) is 37.4 Å². The van der Waals surface area contributed by atoms with Crippen LogP contribution in [0.25, 0.3) is 11.0 Å². The first-order valence-corrected chi connectivity index (χ1v) is 9.33. The highest BCUT2D eigenvalue weighted by Gasteiger charge is 2.25. The van der Waals surface area contributed by atoms with E-state index in [1.165, 1.54) is 0 Å². The van der Waals surface area contributed by atoms with Gasteiger partial charge in [-0.1, -0.05) is 11.6 Å². The number of halogens is 1. The van der Waals surface area contributed by atoms with E-state index < -0.39 is 5.91 Å². The Hall–Kier alpha value is -2.99. The molecule has 1 saturated carbocycles. The third-order valence-corrected chi connectivity index (χ3v) is 5.06. The molecule has 28 heavy (non-hydrogen) atoms. The first-order valence-electron chi connectivity index (χ1n) is 8.95. The zero-order chi connectivity index (χ0) is 19.8. The van der Waals surface area contributed by atoms with Crippen LogP contribution in [0.3, 0.4) is 0 Å². The van der Waals surface area contributed by atoms with Crippen LogP contribution in [0.5, 0.6) is 5.75 Å². The number of aryl methyl sites for hydroxylation is 1. The Bertz CT molecular complexity index is 1090. The van der Waals surface area contributed by atoms with Crippen molar-refractivity contribution in [1.29, 1.82) is 0 Å². The molecule has 0 bridgehead atoms. The molecule has 1 fully saturated rings. The Labute approximate surface area is 166 Å². The fourth-order valence-corrected chi connectivity index (χ4v) is 3.20. The molecule has 0 atom stereocenters. The first kappa shape index (κ1) is 18.4. The van der Waals surface area contributed by atoms with Crippen LogP contribution in [-0.2, 0) is 0 Å². The summed E-state index contributed by atoms with van der Waals surface area (Å²) in [5.74, 6) is 0.258. The van der Waals surface area contributed by atoms with Crippen molar-refractivity contribution < 1.29 is 18.7 Å². The van der Waals surface area contributed by atoms with Crippen molar-refractivity contribution in [3.63, 3.8) is 0 Å². The van der Waals surface area contributed by atoms with Gasteiger partial charge in [-0.3, -0.25) is 9.59 Å². The molecule has 0 radical (unpaired) electrons. The normalized spacial score (nSPS) is 13.4. The van der Waals surface area contributed by atoms with Crippen molar-refractivity contribution in [2.45, 2.75) is 25.8 Å². The second kappa shape index (κ2) is 7.20. The molecule has 4 rings (SSSR count). The fourth-order valence-electron chi connectivity index (χ4n) is 3.00. The molecule has 2 amide bonds. The number of nitrogens with one attached hydrogen (secondary N) is 2. The molecule has 0 saturated heterocycles. The smallest absolute Gasteiger partial charge is 0.291 e. The second-order valence-corrected chi connectivity index (χ2v) is 7.22. The largest absolute Gasteiger partial charge is 0.497 e. The molecule has 1 aromatic heterocycles. The summed E-state index contributed by atoms with van der Waals surface area (Å²) in [5, 5.41) is 6.82. The van der Waals surface area contributed by atoms with Crippen molar-refractivity contribution in [3.8, 4) is 5.75 Å². The van der Waals surface area contributed by atoms with Crippen LogP contribution in [0.2, 0.25) is 5.02 Å². The third kappa shape index (κ3) is 3.55. The summed E-state index contributed by atoms with van der Waals surface area (Å²) < 4.78 is 11.0. The second-order valence-electron chi connectivity index (χ2n) is 6.81. The number of amides is 2. The highest BCUT2D eigenvalue weighted by atomic mass is 35.5. The first-order chi connectivity index (χ1) is 13.5.